The molecule has 0 aromatic heterocycles. The smallest absolute Gasteiger partial charge is 0.243 e. The molecule has 2 heterocycles. The van der Waals surface area contributed by atoms with Gasteiger partial charge in [0.15, 0.2) is 0 Å². The van der Waals surface area contributed by atoms with Gasteiger partial charge in [0, 0.05) is 58.8 Å². The van der Waals surface area contributed by atoms with E-state index in [0.717, 1.165) is 32.7 Å². The van der Waals surface area contributed by atoms with E-state index in [4.69, 9.17) is 0 Å². The number of carbonyl (C=O) groups excluding carboxylic acids is 2. The second kappa shape index (κ2) is 9.09. The molecule has 3 aliphatic rings. The number of hydrogen-bond acceptors (Lipinski definition) is 6. The predicted octanol–water partition coefficient (Wildman–Crippen LogP) is -0.434. The molecule has 3 fully saturated rings. The lowest BCUT2D eigenvalue weighted by Gasteiger charge is -2.32. The zero-order chi connectivity index (χ0) is 22.9. The van der Waals surface area contributed by atoms with Crippen molar-refractivity contribution in [2.75, 3.05) is 59.9 Å². The van der Waals surface area contributed by atoms with Gasteiger partial charge in [-0.05, 0) is 37.4 Å². The van der Waals surface area contributed by atoms with Crippen LogP contribution in [0.4, 0.5) is 0 Å². The summed E-state index contributed by atoms with van der Waals surface area (Å²) in [6, 6.07) is 7.37. The van der Waals surface area contributed by atoms with Crippen molar-refractivity contribution in [3.63, 3.8) is 0 Å². The first-order valence-electron chi connectivity index (χ1n) is 11.2. The average molecular weight is 464 g/mol. The van der Waals surface area contributed by atoms with Crippen molar-refractivity contribution in [3.05, 3.63) is 30.3 Å². The molecule has 32 heavy (non-hydrogen) atoms. The van der Waals surface area contributed by atoms with Crippen LogP contribution in [0.25, 0.3) is 0 Å². The topological polar surface area (TPSA) is 102 Å². The van der Waals surface area contributed by atoms with Crippen molar-refractivity contribution in [1.29, 1.82) is 0 Å². The summed E-state index contributed by atoms with van der Waals surface area (Å²) >= 11 is 0. The molecule has 2 N–H and O–H groups in total. The molecule has 1 saturated carbocycles. The van der Waals surface area contributed by atoms with Crippen molar-refractivity contribution in [2.24, 2.45) is 11.3 Å². The lowest BCUT2D eigenvalue weighted by Crippen LogP contribution is -2.47. The maximum absolute atomic E-state index is 13.3. The first-order chi connectivity index (χ1) is 15.3. The van der Waals surface area contributed by atoms with Crippen LogP contribution in [-0.4, -0.2) is 100 Å². The van der Waals surface area contributed by atoms with Gasteiger partial charge in [0.1, 0.15) is 6.04 Å². The lowest BCUT2D eigenvalue weighted by atomic mass is 9.99. The molecular formula is C22H33N5O4S. The highest BCUT2D eigenvalue weighted by atomic mass is 32.2. The van der Waals surface area contributed by atoms with Gasteiger partial charge in [0.05, 0.1) is 4.90 Å². The Bertz CT molecular complexity index is 948. The Morgan fingerprint density at radius 1 is 1.06 bits per heavy atom. The fourth-order valence-electron chi connectivity index (χ4n) is 4.99. The van der Waals surface area contributed by atoms with Gasteiger partial charge in [-0.1, -0.05) is 18.2 Å². The van der Waals surface area contributed by atoms with Crippen LogP contribution in [0.5, 0.6) is 0 Å². The molecule has 1 spiro atoms. The SMILES string of the molecule is CNC(=O)[C@@H]1C[C@@]2(C[C@@H]2C(=O)NCCN2CCN(C)CC2)CN1S(=O)(=O)c1ccccc1. The number of benzene rings is 1. The van der Waals surface area contributed by atoms with Crippen LogP contribution in [0.15, 0.2) is 35.2 Å². The third kappa shape index (κ3) is 4.54. The minimum Gasteiger partial charge on any atom is -0.358 e. The Morgan fingerprint density at radius 3 is 2.41 bits per heavy atom. The molecule has 3 atom stereocenters. The van der Waals surface area contributed by atoms with Crippen LogP contribution in [0.1, 0.15) is 12.8 Å². The van der Waals surface area contributed by atoms with Gasteiger partial charge in [-0.2, -0.15) is 4.31 Å². The number of piperazine rings is 1. The number of nitrogens with one attached hydrogen (secondary N) is 2. The van der Waals surface area contributed by atoms with Gasteiger partial charge in [0.2, 0.25) is 21.8 Å². The van der Waals surface area contributed by atoms with E-state index >= 15 is 0 Å². The van der Waals surface area contributed by atoms with Crippen molar-refractivity contribution in [1.82, 2.24) is 24.7 Å². The molecule has 2 amide bonds. The highest BCUT2D eigenvalue weighted by Crippen LogP contribution is 2.60. The molecule has 2 aliphatic heterocycles. The third-order valence-electron chi connectivity index (χ3n) is 7.15. The van der Waals surface area contributed by atoms with Crippen molar-refractivity contribution >= 4 is 21.8 Å². The summed E-state index contributed by atoms with van der Waals surface area (Å²) in [7, 11) is -0.207. The summed E-state index contributed by atoms with van der Waals surface area (Å²) in [4.78, 5) is 30.2. The van der Waals surface area contributed by atoms with E-state index in [0.29, 0.717) is 19.4 Å². The number of likely N-dealkylation sites (N-methyl/N-ethyl adjacent to an activating group) is 2. The Kier molecular flexibility index (Phi) is 6.58. The first kappa shape index (κ1) is 23.2. The van der Waals surface area contributed by atoms with Crippen LogP contribution in [-0.2, 0) is 19.6 Å². The van der Waals surface area contributed by atoms with E-state index in [1.165, 1.54) is 23.5 Å². The Labute approximate surface area is 190 Å². The van der Waals surface area contributed by atoms with Gasteiger partial charge in [-0.3, -0.25) is 14.5 Å². The van der Waals surface area contributed by atoms with Gasteiger partial charge < -0.3 is 15.5 Å². The van der Waals surface area contributed by atoms with E-state index < -0.39 is 21.5 Å². The predicted molar refractivity (Wildman–Crippen MR) is 120 cm³/mol. The largest absolute Gasteiger partial charge is 0.358 e. The number of hydrogen-bond donors (Lipinski definition) is 2. The fraction of sp³-hybridized carbons (Fsp3) is 0.636. The molecule has 0 bridgehead atoms. The monoisotopic (exact) mass is 463 g/mol. The first-order valence-corrected chi connectivity index (χ1v) is 12.7. The highest BCUT2D eigenvalue weighted by Gasteiger charge is 2.65. The summed E-state index contributed by atoms with van der Waals surface area (Å²) < 4.78 is 27.8. The minimum absolute atomic E-state index is 0.0336. The number of nitrogens with zero attached hydrogens (tertiary/aromatic N) is 3. The maximum atomic E-state index is 13.3. The molecule has 2 saturated heterocycles. The minimum atomic E-state index is -3.83. The van der Waals surface area contributed by atoms with Crippen LogP contribution >= 0.6 is 0 Å². The van der Waals surface area contributed by atoms with E-state index in [9.17, 15) is 18.0 Å². The second-order valence-corrected chi connectivity index (χ2v) is 11.1. The normalized spacial score (nSPS) is 29.2. The van der Waals surface area contributed by atoms with E-state index in [1.807, 2.05) is 0 Å². The maximum Gasteiger partial charge on any atom is 0.243 e. The molecule has 9 nitrogen and oxygen atoms in total. The number of sulfonamides is 1. The van der Waals surface area contributed by atoms with E-state index in [2.05, 4.69) is 27.5 Å². The Hall–Kier alpha value is -2.01. The summed E-state index contributed by atoms with van der Waals surface area (Å²) in [6.07, 6.45) is 0.983. The van der Waals surface area contributed by atoms with E-state index in [1.54, 1.807) is 18.2 Å². The van der Waals surface area contributed by atoms with Gasteiger partial charge in [-0.25, -0.2) is 8.42 Å². The Balaban J connectivity index is 1.39. The van der Waals surface area contributed by atoms with Crippen molar-refractivity contribution < 1.29 is 18.0 Å². The quantitative estimate of drug-likeness (QED) is 0.569. The standard InChI is InChI=1S/C22H33N5O4S/c1-23-21(29)19-15-22(16-27(19)32(30,31)17-6-4-3-5-7-17)14-18(22)20(28)24-8-9-26-12-10-25(2)11-13-26/h3-7,18-19H,8-16H2,1-2H3,(H,23,29)(H,24,28)/t18-,19+,22+/m1/s1. The van der Waals surface area contributed by atoms with Crippen molar-refractivity contribution in [2.45, 2.75) is 23.8 Å². The summed E-state index contributed by atoms with van der Waals surface area (Å²) in [5, 5.41) is 5.62. The molecule has 4 rings (SSSR count). The van der Waals surface area contributed by atoms with Crippen LogP contribution in [0, 0.1) is 11.3 Å². The fourth-order valence-corrected chi connectivity index (χ4v) is 6.70. The lowest BCUT2D eigenvalue weighted by molar-refractivity contribution is -0.124. The molecule has 0 unspecified atom stereocenters. The van der Waals surface area contributed by atoms with Crippen LogP contribution in [0.3, 0.4) is 0 Å². The number of carbonyl (C=O) groups is 2. The van der Waals surface area contributed by atoms with Gasteiger partial charge >= 0.3 is 0 Å². The zero-order valence-electron chi connectivity index (χ0n) is 18.8. The molecule has 1 aliphatic carbocycles. The molecule has 176 valence electrons. The summed E-state index contributed by atoms with van der Waals surface area (Å²) in [6.45, 7) is 5.66. The summed E-state index contributed by atoms with van der Waals surface area (Å²) in [5.41, 5.74) is -0.461. The Morgan fingerprint density at radius 2 is 1.75 bits per heavy atom. The van der Waals surface area contributed by atoms with E-state index in [-0.39, 0.29) is 29.2 Å². The number of amides is 2. The highest BCUT2D eigenvalue weighted by molar-refractivity contribution is 7.89. The summed E-state index contributed by atoms with van der Waals surface area (Å²) in [5.74, 6) is -0.616. The number of rotatable bonds is 7. The zero-order valence-corrected chi connectivity index (χ0v) is 19.6. The van der Waals surface area contributed by atoms with Gasteiger partial charge in [-0.15, -0.1) is 0 Å². The second-order valence-electron chi connectivity index (χ2n) is 9.25. The van der Waals surface area contributed by atoms with Crippen LogP contribution < -0.4 is 10.6 Å². The molecule has 10 heteroatoms. The molecular weight excluding hydrogens is 430 g/mol. The van der Waals surface area contributed by atoms with Gasteiger partial charge in [0.25, 0.3) is 0 Å². The third-order valence-corrected chi connectivity index (χ3v) is 9.02. The van der Waals surface area contributed by atoms with Crippen LogP contribution in [0.2, 0.25) is 0 Å². The molecule has 1 aromatic rings. The van der Waals surface area contributed by atoms with Crippen molar-refractivity contribution in [3.8, 4) is 0 Å². The average Bonchev–Trinajstić information content (AvgIpc) is 3.36. The molecule has 1 aromatic carbocycles. The molecule has 0 radical (unpaired) electrons.